The van der Waals surface area contributed by atoms with E-state index in [-0.39, 0.29) is 6.04 Å². The molecular formula is C20H22N4O3S. The van der Waals surface area contributed by atoms with Crippen molar-refractivity contribution in [3.63, 3.8) is 0 Å². The molecule has 1 aliphatic heterocycles. The molecule has 1 aliphatic rings. The van der Waals surface area contributed by atoms with Gasteiger partial charge in [0.1, 0.15) is 0 Å². The van der Waals surface area contributed by atoms with Crippen LogP contribution < -0.4 is 5.32 Å². The molecule has 0 bridgehead atoms. The summed E-state index contributed by atoms with van der Waals surface area (Å²) in [7, 11) is -3.45. The Bertz CT molecular complexity index is 1020. The van der Waals surface area contributed by atoms with Crippen LogP contribution in [0, 0.1) is 6.92 Å². The van der Waals surface area contributed by atoms with Crippen LogP contribution in [-0.4, -0.2) is 42.0 Å². The zero-order chi connectivity index (χ0) is 19.6. The predicted molar refractivity (Wildman–Crippen MR) is 106 cm³/mol. The Kier molecular flexibility index (Phi) is 5.15. The van der Waals surface area contributed by atoms with Gasteiger partial charge in [0.15, 0.2) is 0 Å². The number of nitrogens with one attached hydrogen (secondary N) is 1. The maximum Gasteiger partial charge on any atom is 0.263 e. The highest BCUT2D eigenvalue weighted by Crippen LogP contribution is 2.23. The van der Waals surface area contributed by atoms with E-state index in [1.54, 1.807) is 16.4 Å². The smallest absolute Gasteiger partial charge is 0.263 e. The third-order valence-electron chi connectivity index (χ3n) is 4.89. The van der Waals surface area contributed by atoms with E-state index in [2.05, 4.69) is 15.5 Å². The molecule has 3 aromatic rings. The molecule has 0 radical (unpaired) electrons. The normalized spacial score (nSPS) is 16.2. The van der Waals surface area contributed by atoms with Gasteiger partial charge in [-0.1, -0.05) is 35.9 Å². The Hall–Kier alpha value is -2.71. The Morgan fingerprint density at radius 2 is 1.71 bits per heavy atom. The monoisotopic (exact) mass is 398 g/mol. The molecule has 1 N–H and O–H groups in total. The standard InChI is InChI=1S/C20H22N4O3S/c1-15-7-9-18(10-8-15)28(25,26)24-13-11-17(12-14-24)21-20-22-19(27-23-20)16-5-3-2-4-6-16/h2-10,17H,11-14H2,1H3,(H,21,23). The first-order valence-corrected chi connectivity index (χ1v) is 10.7. The summed E-state index contributed by atoms with van der Waals surface area (Å²) < 4.78 is 32.4. The summed E-state index contributed by atoms with van der Waals surface area (Å²) in [5.41, 5.74) is 1.90. The Labute approximate surface area is 164 Å². The van der Waals surface area contributed by atoms with E-state index in [4.69, 9.17) is 4.52 Å². The Morgan fingerprint density at radius 3 is 2.39 bits per heavy atom. The molecule has 7 nitrogen and oxygen atoms in total. The zero-order valence-corrected chi connectivity index (χ0v) is 16.4. The minimum Gasteiger partial charge on any atom is -0.349 e. The van der Waals surface area contributed by atoms with E-state index in [1.165, 1.54) is 0 Å². The molecule has 8 heteroatoms. The highest BCUT2D eigenvalue weighted by atomic mass is 32.2. The van der Waals surface area contributed by atoms with Gasteiger partial charge in [-0.2, -0.15) is 9.29 Å². The quantitative estimate of drug-likeness (QED) is 0.709. The molecule has 0 aliphatic carbocycles. The van der Waals surface area contributed by atoms with Crippen LogP contribution in [0.15, 0.2) is 64.0 Å². The molecule has 0 spiro atoms. The van der Waals surface area contributed by atoms with Crippen LogP contribution in [0.2, 0.25) is 0 Å². The second kappa shape index (κ2) is 7.73. The zero-order valence-electron chi connectivity index (χ0n) is 15.6. The molecule has 1 aromatic heterocycles. The van der Waals surface area contributed by atoms with E-state index in [1.807, 2.05) is 49.4 Å². The molecule has 2 aromatic carbocycles. The summed E-state index contributed by atoms with van der Waals surface area (Å²) in [6, 6.07) is 16.6. The lowest BCUT2D eigenvalue weighted by Crippen LogP contribution is -2.42. The lowest BCUT2D eigenvalue weighted by Gasteiger charge is -2.31. The van der Waals surface area contributed by atoms with Crippen molar-refractivity contribution in [1.29, 1.82) is 0 Å². The number of piperidine rings is 1. The summed E-state index contributed by atoms with van der Waals surface area (Å²) in [4.78, 5) is 4.72. The lowest BCUT2D eigenvalue weighted by atomic mass is 10.1. The van der Waals surface area contributed by atoms with Crippen LogP contribution in [0.3, 0.4) is 0 Å². The Balaban J connectivity index is 1.37. The molecule has 1 saturated heterocycles. The highest BCUT2D eigenvalue weighted by Gasteiger charge is 2.29. The molecule has 0 atom stereocenters. The summed E-state index contributed by atoms with van der Waals surface area (Å²) >= 11 is 0. The van der Waals surface area contributed by atoms with Crippen molar-refractivity contribution in [3.05, 3.63) is 60.2 Å². The number of hydrogen-bond acceptors (Lipinski definition) is 6. The van der Waals surface area contributed by atoms with Gasteiger partial charge in [-0.25, -0.2) is 8.42 Å². The molecule has 4 rings (SSSR count). The van der Waals surface area contributed by atoms with Gasteiger partial charge in [0.2, 0.25) is 10.0 Å². The van der Waals surface area contributed by atoms with Crippen molar-refractivity contribution in [2.24, 2.45) is 0 Å². The summed E-state index contributed by atoms with van der Waals surface area (Å²) in [5, 5.41) is 7.23. The van der Waals surface area contributed by atoms with Crippen LogP contribution in [-0.2, 0) is 10.0 Å². The molecule has 0 unspecified atom stereocenters. The molecule has 28 heavy (non-hydrogen) atoms. The third-order valence-corrected chi connectivity index (χ3v) is 6.81. The van der Waals surface area contributed by atoms with Crippen LogP contribution in [0.1, 0.15) is 18.4 Å². The third kappa shape index (κ3) is 3.93. The molecular weight excluding hydrogens is 376 g/mol. The summed E-state index contributed by atoms with van der Waals surface area (Å²) in [6.07, 6.45) is 1.36. The molecule has 2 heterocycles. The second-order valence-corrected chi connectivity index (χ2v) is 8.86. The fraction of sp³-hybridized carbons (Fsp3) is 0.300. The average molecular weight is 398 g/mol. The minimum atomic E-state index is -3.45. The van der Waals surface area contributed by atoms with Crippen molar-refractivity contribution in [2.45, 2.75) is 30.7 Å². The predicted octanol–water partition coefficient (Wildman–Crippen LogP) is 3.31. The van der Waals surface area contributed by atoms with Crippen LogP contribution in [0.4, 0.5) is 5.95 Å². The molecule has 0 amide bonds. The van der Waals surface area contributed by atoms with E-state index < -0.39 is 10.0 Å². The van der Waals surface area contributed by atoms with Crippen LogP contribution in [0.25, 0.3) is 11.5 Å². The minimum absolute atomic E-state index is 0.102. The van der Waals surface area contributed by atoms with Crippen molar-refractivity contribution >= 4 is 16.0 Å². The largest absolute Gasteiger partial charge is 0.349 e. The van der Waals surface area contributed by atoms with E-state index in [0.717, 1.165) is 11.1 Å². The van der Waals surface area contributed by atoms with Crippen LogP contribution in [0.5, 0.6) is 0 Å². The fourth-order valence-electron chi connectivity index (χ4n) is 3.26. The SMILES string of the molecule is Cc1ccc(S(=O)(=O)N2CCC(Nc3noc(-c4ccccc4)n3)CC2)cc1. The van der Waals surface area contributed by atoms with Gasteiger partial charge in [-0.3, -0.25) is 0 Å². The van der Waals surface area contributed by atoms with Gasteiger partial charge >= 0.3 is 0 Å². The van der Waals surface area contributed by atoms with Crippen molar-refractivity contribution in [3.8, 4) is 11.5 Å². The van der Waals surface area contributed by atoms with Gasteiger partial charge in [0.25, 0.3) is 11.8 Å². The maximum absolute atomic E-state index is 12.8. The first kappa shape index (κ1) is 18.6. The van der Waals surface area contributed by atoms with Crippen molar-refractivity contribution < 1.29 is 12.9 Å². The van der Waals surface area contributed by atoms with E-state index in [9.17, 15) is 8.42 Å². The number of benzene rings is 2. The maximum atomic E-state index is 12.8. The van der Waals surface area contributed by atoms with E-state index >= 15 is 0 Å². The number of hydrogen-bond donors (Lipinski definition) is 1. The van der Waals surface area contributed by atoms with Gasteiger partial charge in [0.05, 0.1) is 4.90 Å². The topological polar surface area (TPSA) is 88.3 Å². The fourth-order valence-corrected chi connectivity index (χ4v) is 4.73. The van der Waals surface area contributed by atoms with Gasteiger partial charge in [-0.05, 0) is 49.2 Å². The first-order chi connectivity index (χ1) is 13.5. The average Bonchev–Trinajstić information content (AvgIpc) is 3.18. The first-order valence-electron chi connectivity index (χ1n) is 9.25. The number of aryl methyl sites for hydroxylation is 1. The molecule has 146 valence electrons. The van der Waals surface area contributed by atoms with Crippen molar-refractivity contribution in [2.75, 3.05) is 18.4 Å². The highest BCUT2D eigenvalue weighted by molar-refractivity contribution is 7.89. The Morgan fingerprint density at radius 1 is 1.04 bits per heavy atom. The second-order valence-electron chi connectivity index (χ2n) is 6.92. The van der Waals surface area contributed by atoms with Crippen molar-refractivity contribution in [1.82, 2.24) is 14.4 Å². The molecule has 0 saturated carbocycles. The number of aromatic nitrogens is 2. The van der Waals surface area contributed by atoms with Crippen LogP contribution >= 0.6 is 0 Å². The number of rotatable bonds is 5. The summed E-state index contributed by atoms with van der Waals surface area (Å²) in [5.74, 6) is 0.890. The molecule has 1 fully saturated rings. The number of anilines is 1. The van der Waals surface area contributed by atoms with Gasteiger partial charge in [-0.15, -0.1) is 0 Å². The lowest BCUT2D eigenvalue weighted by molar-refractivity contribution is 0.328. The van der Waals surface area contributed by atoms with Gasteiger partial charge in [0, 0.05) is 24.7 Å². The number of nitrogens with zero attached hydrogens (tertiary/aromatic N) is 3. The van der Waals surface area contributed by atoms with E-state index in [0.29, 0.717) is 42.7 Å². The number of sulfonamides is 1. The van der Waals surface area contributed by atoms with Gasteiger partial charge < -0.3 is 9.84 Å². The summed E-state index contributed by atoms with van der Waals surface area (Å²) in [6.45, 7) is 2.85.